The van der Waals surface area contributed by atoms with E-state index in [1.165, 1.54) is 13.3 Å². The van der Waals surface area contributed by atoms with E-state index in [9.17, 15) is 4.79 Å². The lowest BCUT2D eigenvalue weighted by Gasteiger charge is -2.12. The van der Waals surface area contributed by atoms with Crippen molar-refractivity contribution in [3.8, 4) is 23.0 Å². The normalized spacial score (nSPS) is 10.5. The van der Waals surface area contributed by atoms with Crippen molar-refractivity contribution in [1.29, 1.82) is 0 Å². The Morgan fingerprint density at radius 2 is 1.90 bits per heavy atom. The van der Waals surface area contributed by atoms with Gasteiger partial charge in [-0.25, -0.2) is 5.43 Å². The maximum absolute atomic E-state index is 12.4. The second kappa shape index (κ2) is 11.1. The van der Waals surface area contributed by atoms with Gasteiger partial charge in [-0.3, -0.25) is 4.79 Å². The molecular weight excluding hydrogens is 440 g/mol. The lowest BCUT2D eigenvalue weighted by atomic mass is 10.2. The first-order valence-corrected chi connectivity index (χ1v) is 9.58. The van der Waals surface area contributed by atoms with Gasteiger partial charge in [0.1, 0.15) is 6.61 Å². The summed E-state index contributed by atoms with van der Waals surface area (Å²) in [5, 5.41) is 4.01. The molecule has 0 spiro atoms. The number of carbonyl (C=O) groups is 1. The number of methoxy groups -OCH3 is 2. The fourth-order valence-electron chi connectivity index (χ4n) is 2.41. The van der Waals surface area contributed by atoms with E-state index in [2.05, 4.69) is 33.0 Å². The summed E-state index contributed by atoms with van der Waals surface area (Å²) in [6.07, 6.45) is 3.14. The van der Waals surface area contributed by atoms with Gasteiger partial charge in [0, 0.05) is 5.56 Å². The molecule has 0 radical (unpaired) electrons. The molecule has 2 rings (SSSR count). The van der Waals surface area contributed by atoms with Gasteiger partial charge in [-0.2, -0.15) is 5.10 Å². The summed E-state index contributed by atoms with van der Waals surface area (Å²) in [6.45, 7) is 6.35. The molecule has 1 N–H and O–H groups in total. The molecule has 154 valence electrons. The predicted octanol–water partition coefficient (Wildman–Crippen LogP) is 4.19. The minimum atomic E-state index is -0.383. The average molecular weight is 463 g/mol. The van der Waals surface area contributed by atoms with Crippen LogP contribution in [0.5, 0.6) is 23.0 Å². The molecule has 0 bridgehead atoms. The summed E-state index contributed by atoms with van der Waals surface area (Å²) in [4.78, 5) is 12.4. The Labute approximate surface area is 178 Å². The van der Waals surface area contributed by atoms with Crippen LogP contribution < -0.4 is 24.4 Å². The number of hydrogen-bond donors (Lipinski definition) is 1. The number of carbonyl (C=O) groups excluding carboxylic acids is 1. The topological polar surface area (TPSA) is 78.4 Å². The van der Waals surface area contributed by atoms with Crippen molar-refractivity contribution in [1.82, 2.24) is 5.43 Å². The highest BCUT2D eigenvalue weighted by molar-refractivity contribution is 9.10. The van der Waals surface area contributed by atoms with Gasteiger partial charge >= 0.3 is 0 Å². The number of nitrogens with one attached hydrogen (secondary N) is 1. The van der Waals surface area contributed by atoms with Crippen LogP contribution in [0.3, 0.4) is 0 Å². The maximum Gasteiger partial charge on any atom is 0.271 e. The average Bonchev–Trinajstić information content (AvgIpc) is 2.73. The van der Waals surface area contributed by atoms with Crippen LogP contribution in [0.15, 0.2) is 52.6 Å². The number of rotatable bonds is 10. The largest absolute Gasteiger partial charge is 0.493 e. The highest BCUT2D eigenvalue weighted by Crippen LogP contribution is 2.36. The zero-order valence-corrected chi connectivity index (χ0v) is 18.1. The van der Waals surface area contributed by atoms with Gasteiger partial charge < -0.3 is 18.9 Å². The van der Waals surface area contributed by atoms with Gasteiger partial charge in [0.15, 0.2) is 23.0 Å². The van der Waals surface area contributed by atoms with Crippen molar-refractivity contribution in [2.75, 3.05) is 27.4 Å². The molecule has 0 fully saturated rings. The van der Waals surface area contributed by atoms with Crippen molar-refractivity contribution in [2.24, 2.45) is 5.10 Å². The first-order chi connectivity index (χ1) is 14.0. The number of halogens is 1. The molecule has 7 nitrogen and oxygen atoms in total. The minimum Gasteiger partial charge on any atom is -0.493 e. The minimum absolute atomic E-state index is 0.341. The van der Waals surface area contributed by atoms with E-state index in [0.29, 0.717) is 41.8 Å². The Balaban J connectivity index is 2.11. The summed E-state index contributed by atoms with van der Waals surface area (Å²) in [7, 11) is 3.07. The summed E-state index contributed by atoms with van der Waals surface area (Å²) >= 11 is 3.45. The maximum atomic E-state index is 12.4. The van der Waals surface area contributed by atoms with E-state index in [4.69, 9.17) is 18.9 Å². The highest BCUT2D eigenvalue weighted by Gasteiger charge is 2.12. The Bertz CT molecular complexity index is 899. The number of benzene rings is 2. The van der Waals surface area contributed by atoms with Gasteiger partial charge in [0.2, 0.25) is 0 Å². The first-order valence-electron chi connectivity index (χ1n) is 8.79. The second-order valence-corrected chi connectivity index (χ2v) is 6.49. The number of amides is 1. The van der Waals surface area contributed by atoms with E-state index < -0.39 is 0 Å². The molecule has 29 heavy (non-hydrogen) atoms. The SMILES string of the molecule is C=CCOc1ccc(C(=O)N/N=C/c2cc(Br)c(OCC)c(OC)c2)cc1OC. The summed E-state index contributed by atoms with van der Waals surface area (Å²) < 4.78 is 22.4. The Morgan fingerprint density at radius 3 is 2.55 bits per heavy atom. The van der Waals surface area contributed by atoms with Crippen LogP contribution in [0.4, 0.5) is 0 Å². The van der Waals surface area contributed by atoms with Crippen molar-refractivity contribution in [2.45, 2.75) is 6.92 Å². The molecule has 8 heteroatoms. The van der Waals surface area contributed by atoms with Gasteiger partial charge in [-0.1, -0.05) is 12.7 Å². The monoisotopic (exact) mass is 462 g/mol. The van der Waals surface area contributed by atoms with Crippen LogP contribution in [0, 0.1) is 0 Å². The zero-order valence-electron chi connectivity index (χ0n) is 16.5. The zero-order chi connectivity index (χ0) is 21.2. The van der Waals surface area contributed by atoms with Gasteiger partial charge in [0.25, 0.3) is 5.91 Å². The van der Waals surface area contributed by atoms with Crippen molar-refractivity contribution in [3.05, 3.63) is 58.6 Å². The molecule has 2 aromatic rings. The van der Waals surface area contributed by atoms with Gasteiger partial charge in [-0.15, -0.1) is 0 Å². The summed E-state index contributed by atoms with van der Waals surface area (Å²) in [6, 6.07) is 8.45. The van der Waals surface area contributed by atoms with Crippen LogP contribution in [0.2, 0.25) is 0 Å². The van der Waals surface area contributed by atoms with E-state index in [0.717, 1.165) is 10.0 Å². The Morgan fingerprint density at radius 1 is 1.14 bits per heavy atom. The van der Waals surface area contributed by atoms with E-state index in [-0.39, 0.29) is 5.91 Å². The van der Waals surface area contributed by atoms with Gasteiger partial charge in [-0.05, 0) is 58.7 Å². The smallest absolute Gasteiger partial charge is 0.271 e. The molecule has 1 amide bonds. The molecule has 0 aliphatic carbocycles. The van der Waals surface area contributed by atoms with E-state index >= 15 is 0 Å². The lowest BCUT2D eigenvalue weighted by molar-refractivity contribution is 0.0954. The van der Waals surface area contributed by atoms with Crippen LogP contribution in [-0.2, 0) is 0 Å². The van der Waals surface area contributed by atoms with Crippen molar-refractivity contribution >= 4 is 28.1 Å². The predicted molar refractivity (Wildman–Crippen MR) is 116 cm³/mol. The number of nitrogens with zero attached hydrogens (tertiary/aromatic N) is 1. The van der Waals surface area contributed by atoms with Crippen LogP contribution in [0.1, 0.15) is 22.8 Å². The Kier molecular flexibility index (Phi) is 8.54. The number of ether oxygens (including phenoxy) is 4. The van der Waals surface area contributed by atoms with Crippen LogP contribution in [0.25, 0.3) is 0 Å². The van der Waals surface area contributed by atoms with Crippen molar-refractivity contribution < 1.29 is 23.7 Å². The molecular formula is C21H23BrN2O5. The molecule has 0 aliphatic heterocycles. The fourth-order valence-corrected chi connectivity index (χ4v) is 2.98. The molecule has 0 saturated heterocycles. The molecule has 0 saturated carbocycles. The Hall–Kier alpha value is -3.00. The molecule has 0 unspecified atom stereocenters. The van der Waals surface area contributed by atoms with Gasteiger partial charge in [0.05, 0.1) is 31.5 Å². The summed E-state index contributed by atoms with van der Waals surface area (Å²) in [5.41, 5.74) is 3.60. The molecule has 0 aliphatic rings. The molecule has 0 atom stereocenters. The van der Waals surface area contributed by atoms with Crippen LogP contribution in [-0.4, -0.2) is 39.6 Å². The highest BCUT2D eigenvalue weighted by atomic mass is 79.9. The molecule has 2 aromatic carbocycles. The first kappa shape index (κ1) is 22.3. The quantitative estimate of drug-likeness (QED) is 0.325. The third kappa shape index (κ3) is 5.99. The third-order valence-corrected chi connectivity index (χ3v) is 4.29. The molecule has 0 aromatic heterocycles. The van der Waals surface area contributed by atoms with Crippen molar-refractivity contribution in [3.63, 3.8) is 0 Å². The standard InChI is InChI=1S/C21H23BrN2O5/c1-5-9-29-17-8-7-15(12-18(17)26-3)21(25)24-23-13-14-10-16(22)20(28-6-2)19(11-14)27-4/h5,7-8,10-13H,1,6,9H2,2-4H3,(H,24,25)/b23-13+. The number of hydrogen-bond acceptors (Lipinski definition) is 6. The van der Waals surface area contributed by atoms with E-state index in [1.54, 1.807) is 37.5 Å². The fraction of sp³-hybridized carbons (Fsp3) is 0.238. The van der Waals surface area contributed by atoms with E-state index in [1.807, 2.05) is 13.0 Å². The second-order valence-electron chi connectivity index (χ2n) is 5.63. The van der Waals surface area contributed by atoms with Crippen LogP contribution >= 0.6 is 15.9 Å². The summed E-state index contributed by atoms with van der Waals surface area (Å²) in [5.74, 6) is 1.77. The lowest BCUT2D eigenvalue weighted by Crippen LogP contribution is -2.17. The molecule has 0 heterocycles. The number of hydrazone groups is 1. The third-order valence-electron chi connectivity index (χ3n) is 3.70.